The zero-order chi connectivity index (χ0) is 17.5. The van der Waals surface area contributed by atoms with E-state index in [9.17, 15) is 14.9 Å². The highest BCUT2D eigenvalue weighted by molar-refractivity contribution is 5.99. The van der Waals surface area contributed by atoms with Crippen LogP contribution in [-0.2, 0) is 4.79 Å². The summed E-state index contributed by atoms with van der Waals surface area (Å²) in [6.07, 6.45) is 0. The molecule has 0 aromatic heterocycles. The molecule has 0 fully saturated rings. The summed E-state index contributed by atoms with van der Waals surface area (Å²) in [5.74, 6) is -0.278. The van der Waals surface area contributed by atoms with E-state index in [1.807, 2.05) is 30.3 Å². The van der Waals surface area contributed by atoms with Gasteiger partial charge in [-0.05, 0) is 43.7 Å². The Kier molecular flexibility index (Phi) is 5.62. The number of nitrogens with zero attached hydrogens (tertiary/aromatic N) is 2. The van der Waals surface area contributed by atoms with Gasteiger partial charge in [0.1, 0.15) is 6.04 Å². The van der Waals surface area contributed by atoms with E-state index in [1.54, 1.807) is 26.0 Å². The minimum atomic E-state index is -0.463. The third kappa shape index (κ3) is 4.64. The van der Waals surface area contributed by atoms with Crippen LogP contribution in [0.2, 0.25) is 0 Å². The summed E-state index contributed by atoms with van der Waals surface area (Å²) in [6.45, 7) is 3.45. The Morgan fingerprint density at radius 1 is 1.12 bits per heavy atom. The van der Waals surface area contributed by atoms with Gasteiger partial charge in [0.05, 0.1) is 10.6 Å². The smallest absolute Gasteiger partial charge is 0.269 e. The van der Waals surface area contributed by atoms with Crippen molar-refractivity contribution in [3.63, 3.8) is 0 Å². The van der Waals surface area contributed by atoms with Gasteiger partial charge in [-0.3, -0.25) is 14.9 Å². The third-order valence-corrected chi connectivity index (χ3v) is 3.38. The molecule has 0 bridgehead atoms. The minimum absolute atomic E-state index is 0.0104. The summed E-state index contributed by atoms with van der Waals surface area (Å²) in [6, 6.07) is 14.9. The Balaban J connectivity index is 1.95. The number of nitrogens with one attached hydrogen (secondary N) is 2. The van der Waals surface area contributed by atoms with Crippen LogP contribution in [0.25, 0.3) is 0 Å². The second-order valence-electron chi connectivity index (χ2n) is 5.21. The molecule has 124 valence electrons. The molecule has 0 heterocycles. The Labute approximate surface area is 139 Å². The van der Waals surface area contributed by atoms with Crippen molar-refractivity contribution >= 4 is 23.0 Å². The number of anilines is 1. The summed E-state index contributed by atoms with van der Waals surface area (Å²) in [5, 5.41) is 17.7. The van der Waals surface area contributed by atoms with Crippen molar-refractivity contribution in [3.05, 3.63) is 70.3 Å². The maximum atomic E-state index is 12.1. The molecule has 1 unspecified atom stereocenters. The van der Waals surface area contributed by atoms with Crippen LogP contribution in [0.15, 0.2) is 59.7 Å². The van der Waals surface area contributed by atoms with Gasteiger partial charge < -0.3 is 5.32 Å². The molecule has 0 aliphatic rings. The maximum Gasteiger partial charge on any atom is 0.269 e. The monoisotopic (exact) mass is 326 g/mol. The lowest BCUT2D eigenvalue weighted by molar-refractivity contribution is -0.384. The fourth-order valence-corrected chi connectivity index (χ4v) is 1.97. The Bertz CT molecular complexity index is 742. The number of non-ortho nitro benzene ring substituents is 1. The van der Waals surface area contributed by atoms with Crippen molar-refractivity contribution in [3.8, 4) is 0 Å². The summed E-state index contributed by atoms with van der Waals surface area (Å²) < 4.78 is 0. The molecule has 2 aromatic rings. The summed E-state index contributed by atoms with van der Waals surface area (Å²) >= 11 is 0. The largest absolute Gasteiger partial charge is 0.374 e. The van der Waals surface area contributed by atoms with Gasteiger partial charge in [0.15, 0.2) is 0 Å². The molecule has 24 heavy (non-hydrogen) atoms. The van der Waals surface area contributed by atoms with E-state index in [0.717, 1.165) is 5.69 Å². The molecule has 0 saturated carbocycles. The first-order valence-corrected chi connectivity index (χ1v) is 7.38. The number of benzene rings is 2. The number of carbonyl (C=O) groups excluding carboxylic acids is 1. The average molecular weight is 326 g/mol. The van der Waals surface area contributed by atoms with E-state index in [-0.39, 0.29) is 11.6 Å². The molecule has 7 nitrogen and oxygen atoms in total. The molecule has 2 rings (SSSR count). The molecule has 0 spiro atoms. The van der Waals surface area contributed by atoms with Crippen molar-refractivity contribution < 1.29 is 9.72 Å². The lowest BCUT2D eigenvalue weighted by Gasteiger charge is -2.13. The van der Waals surface area contributed by atoms with E-state index in [2.05, 4.69) is 15.8 Å². The first-order valence-electron chi connectivity index (χ1n) is 7.38. The maximum absolute atomic E-state index is 12.1. The molecular formula is C17H18N4O3. The highest BCUT2D eigenvalue weighted by atomic mass is 16.6. The third-order valence-electron chi connectivity index (χ3n) is 3.38. The van der Waals surface area contributed by atoms with Crippen LogP contribution >= 0.6 is 0 Å². The molecule has 0 saturated heterocycles. The van der Waals surface area contributed by atoms with Crippen molar-refractivity contribution in [1.82, 2.24) is 5.43 Å². The van der Waals surface area contributed by atoms with E-state index in [4.69, 9.17) is 0 Å². The van der Waals surface area contributed by atoms with Crippen LogP contribution < -0.4 is 10.7 Å². The van der Waals surface area contributed by atoms with Crippen LogP contribution in [0.3, 0.4) is 0 Å². The molecular weight excluding hydrogens is 308 g/mol. The standard InChI is InChI=1S/C17H18N4O3/c1-12(14-8-10-16(11-9-14)21(23)24)19-20-17(22)13(2)18-15-6-4-3-5-7-15/h3-11,13,18H,1-2H3,(H,20,22). The van der Waals surface area contributed by atoms with Gasteiger partial charge in [0.25, 0.3) is 11.6 Å². The number of hydrazone groups is 1. The summed E-state index contributed by atoms with van der Waals surface area (Å²) in [4.78, 5) is 22.2. The summed E-state index contributed by atoms with van der Waals surface area (Å²) in [7, 11) is 0. The SMILES string of the molecule is CC(=NNC(=O)C(C)Nc1ccccc1)c1ccc([N+](=O)[O-])cc1. The van der Waals surface area contributed by atoms with Crippen molar-refractivity contribution in [2.24, 2.45) is 5.10 Å². The van der Waals surface area contributed by atoms with Gasteiger partial charge in [-0.2, -0.15) is 5.10 Å². The van der Waals surface area contributed by atoms with Gasteiger partial charge in [0, 0.05) is 17.8 Å². The van der Waals surface area contributed by atoms with Gasteiger partial charge in [-0.15, -0.1) is 0 Å². The fraction of sp³-hybridized carbons (Fsp3) is 0.176. The Morgan fingerprint density at radius 3 is 2.33 bits per heavy atom. The molecule has 1 atom stereocenters. The van der Waals surface area contributed by atoms with E-state index >= 15 is 0 Å². The van der Waals surface area contributed by atoms with Crippen LogP contribution in [0.5, 0.6) is 0 Å². The fourth-order valence-electron chi connectivity index (χ4n) is 1.97. The molecule has 0 aliphatic carbocycles. The molecule has 2 aromatic carbocycles. The number of para-hydroxylation sites is 1. The highest BCUT2D eigenvalue weighted by Gasteiger charge is 2.12. The quantitative estimate of drug-likeness (QED) is 0.484. The average Bonchev–Trinajstić information content (AvgIpc) is 2.60. The lowest BCUT2D eigenvalue weighted by atomic mass is 10.1. The molecule has 2 N–H and O–H groups in total. The lowest BCUT2D eigenvalue weighted by Crippen LogP contribution is -2.35. The number of carbonyl (C=O) groups is 1. The number of nitro benzene ring substituents is 1. The Morgan fingerprint density at radius 2 is 1.75 bits per heavy atom. The van der Waals surface area contributed by atoms with Crippen molar-refractivity contribution in [1.29, 1.82) is 0 Å². The van der Waals surface area contributed by atoms with Gasteiger partial charge in [-0.1, -0.05) is 18.2 Å². The molecule has 0 aliphatic heterocycles. The first-order chi connectivity index (χ1) is 11.5. The van der Waals surface area contributed by atoms with Crippen LogP contribution in [-0.4, -0.2) is 22.6 Å². The zero-order valence-electron chi connectivity index (χ0n) is 13.4. The second kappa shape index (κ2) is 7.87. The molecule has 0 radical (unpaired) electrons. The number of nitro groups is 1. The topological polar surface area (TPSA) is 96.6 Å². The van der Waals surface area contributed by atoms with E-state index < -0.39 is 11.0 Å². The van der Waals surface area contributed by atoms with Crippen molar-refractivity contribution in [2.45, 2.75) is 19.9 Å². The molecule has 7 heteroatoms. The minimum Gasteiger partial charge on any atom is -0.374 e. The predicted octanol–water partition coefficient (Wildman–Crippen LogP) is 2.94. The first kappa shape index (κ1) is 17.1. The zero-order valence-corrected chi connectivity index (χ0v) is 13.4. The van der Waals surface area contributed by atoms with Gasteiger partial charge >= 0.3 is 0 Å². The van der Waals surface area contributed by atoms with Crippen LogP contribution in [0.1, 0.15) is 19.4 Å². The number of rotatable bonds is 6. The predicted molar refractivity (Wildman–Crippen MR) is 93.0 cm³/mol. The Hall–Kier alpha value is -3.22. The highest BCUT2D eigenvalue weighted by Crippen LogP contribution is 2.12. The summed E-state index contributed by atoms with van der Waals surface area (Å²) in [5.41, 5.74) is 4.60. The van der Waals surface area contributed by atoms with Crippen LogP contribution in [0, 0.1) is 10.1 Å². The number of hydrogen-bond acceptors (Lipinski definition) is 5. The number of amides is 1. The van der Waals surface area contributed by atoms with E-state index in [1.165, 1.54) is 12.1 Å². The van der Waals surface area contributed by atoms with E-state index in [0.29, 0.717) is 11.3 Å². The normalized spacial score (nSPS) is 12.3. The second-order valence-corrected chi connectivity index (χ2v) is 5.21. The molecule has 1 amide bonds. The van der Waals surface area contributed by atoms with Crippen molar-refractivity contribution in [2.75, 3.05) is 5.32 Å². The van der Waals surface area contributed by atoms with Gasteiger partial charge in [-0.25, -0.2) is 5.43 Å². The van der Waals surface area contributed by atoms with Gasteiger partial charge in [0.2, 0.25) is 0 Å². The van der Waals surface area contributed by atoms with Crippen LogP contribution in [0.4, 0.5) is 11.4 Å². The number of hydrogen-bond donors (Lipinski definition) is 2.